The van der Waals surface area contributed by atoms with Crippen molar-refractivity contribution in [2.24, 2.45) is 0 Å². The van der Waals surface area contributed by atoms with E-state index in [2.05, 4.69) is 5.32 Å². The number of carboxylic acids is 1. The highest BCUT2D eigenvalue weighted by molar-refractivity contribution is 5.91. The van der Waals surface area contributed by atoms with Crippen LogP contribution in [0, 0.1) is 15.9 Å². The van der Waals surface area contributed by atoms with E-state index in [1.54, 1.807) is 0 Å². The van der Waals surface area contributed by atoms with Gasteiger partial charge < -0.3 is 10.4 Å². The van der Waals surface area contributed by atoms with Crippen LogP contribution in [0.25, 0.3) is 0 Å². The summed E-state index contributed by atoms with van der Waals surface area (Å²) in [4.78, 5) is 31.4. The first-order valence-electron chi connectivity index (χ1n) is 5.35. The summed E-state index contributed by atoms with van der Waals surface area (Å²) >= 11 is 0. The molecule has 1 rings (SSSR count). The summed E-state index contributed by atoms with van der Waals surface area (Å²) in [5.74, 6) is -2.38. The molecule has 0 saturated heterocycles. The van der Waals surface area contributed by atoms with Gasteiger partial charge in [-0.1, -0.05) is 0 Å². The van der Waals surface area contributed by atoms with E-state index in [0.29, 0.717) is 0 Å². The van der Waals surface area contributed by atoms with Crippen LogP contribution in [0.4, 0.5) is 15.8 Å². The molecule has 1 amide bonds. The predicted octanol–water partition coefficient (Wildman–Crippen LogP) is 1.93. The van der Waals surface area contributed by atoms with Gasteiger partial charge in [-0.3, -0.25) is 19.7 Å². The number of halogens is 1. The molecule has 1 aromatic rings. The topological polar surface area (TPSA) is 110 Å². The number of nitrogens with one attached hydrogen (secondary N) is 1. The number of non-ortho nitro benzene ring substituents is 1. The lowest BCUT2D eigenvalue weighted by atomic mass is 10.2. The molecule has 8 heteroatoms. The first-order valence-corrected chi connectivity index (χ1v) is 5.35. The van der Waals surface area contributed by atoms with Crippen LogP contribution in [0.1, 0.15) is 19.3 Å². The zero-order valence-electron chi connectivity index (χ0n) is 9.76. The Labute approximate surface area is 107 Å². The highest BCUT2D eigenvalue weighted by Gasteiger charge is 2.11. The molecule has 0 saturated carbocycles. The molecule has 102 valence electrons. The third kappa shape index (κ3) is 5.11. The highest BCUT2D eigenvalue weighted by Crippen LogP contribution is 2.20. The summed E-state index contributed by atoms with van der Waals surface area (Å²) in [5, 5.41) is 21.2. The van der Waals surface area contributed by atoms with E-state index in [1.165, 1.54) is 0 Å². The molecular weight excluding hydrogens is 259 g/mol. The monoisotopic (exact) mass is 270 g/mol. The molecule has 0 aromatic heterocycles. The number of hydrogen-bond donors (Lipinski definition) is 2. The summed E-state index contributed by atoms with van der Waals surface area (Å²) in [6.07, 6.45) is -0.0775. The van der Waals surface area contributed by atoms with Gasteiger partial charge in [0, 0.05) is 18.9 Å². The summed E-state index contributed by atoms with van der Waals surface area (Å²) in [7, 11) is 0. The quantitative estimate of drug-likeness (QED) is 0.606. The predicted molar refractivity (Wildman–Crippen MR) is 63.2 cm³/mol. The minimum Gasteiger partial charge on any atom is -0.481 e. The molecule has 0 radical (unpaired) electrons. The maximum Gasteiger partial charge on any atom is 0.303 e. The lowest BCUT2D eigenvalue weighted by Gasteiger charge is -2.04. The Hall–Kier alpha value is -2.51. The van der Waals surface area contributed by atoms with Crippen molar-refractivity contribution in [1.29, 1.82) is 0 Å². The van der Waals surface area contributed by atoms with Crippen molar-refractivity contribution in [1.82, 2.24) is 0 Å². The van der Waals surface area contributed by atoms with E-state index in [9.17, 15) is 24.1 Å². The zero-order chi connectivity index (χ0) is 14.4. The van der Waals surface area contributed by atoms with Crippen molar-refractivity contribution >= 4 is 23.3 Å². The van der Waals surface area contributed by atoms with Crippen LogP contribution in [0.15, 0.2) is 18.2 Å². The molecule has 0 bridgehead atoms. The smallest absolute Gasteiger partial charge is 0.303 e. The zero-order valence-corrected chi connectivity index (χ0v) is 9.76. The van der Waals surface area contributed by atoms with Gasteiger partial charge in [-0.15, -0.1) is 0 Å². The van der Waals surface area contributed by atoms with E-state index in [0.717, 1.165) is 18.2 Å². The largest absolute Gasteiger partial charge is 0.481 e. The first-order chi connectivity index (χ1) is 8.88. The van der Waals surface area contributed by atoms with Gasteiger partial charge in [0.2, 0.25) is 5.91 Å². The lowest BCUT2D eigenvalue weighted by molar-refractivity contribution is -0.385. The van der Waals surface area contributed by atoms with Crippen molar-refractivity contribution in [3.05, 3.63) is 34.1 Å². The molecule has 1 aromatic carbocycles. The molecule has 0 fully saturated rings. The van der Waals surface area contributed by atoms with Gasteiger partial charge in [-0.25, -0.2) is 4.39 Å². The van der Waals surface area contributed by atoms with E-state index >= 15 is 0 Å². The van der Waals surface area contributed by atoms with E-state index in [1.807, 2.05) is 0 Å². The number of nitro benzene ring substituents is 1. The minimum absolute atomic E-state index is 0.0352. The summed E-state index contributed by atoms with van der Waals surface area (Å²) in [5.41, 5.74) is -0.507. The van der Waals surface area contributed by atoms with Crippen LogP contribution in [0.3, 0.4) is 0 Å². The molecule has 19 heavy (non-hydrogen) atoms. The molecule has 0 aliphatic heterocycles. The molecule has 0 unspecified atom stereocenters. The van der Waals surface area contributed by atoms with Crippen LogP contribution < -0.4 is 5.32 Å². The lowest BCUT2D eigenvalue weighted by Crippen LogP contribution is -2.12. The maximum atomic E-state index is 13.1. The fourth-order valence-corrected chi connectivity index (χ4v) is 1.38. The Morgan fingerprint density at radius 2 is 2.00 bits per heavy atom. The van der Waals surface area contributed by atoms with Crippen LogP contribution >= 0.6 is 0 Å². The maximum absolute atomic E-state index is 13.1. The van der Waals surface area contributed by atoms with Crippen molar-refractivity contribution < 1.29 is 24.0 Å². The van der Waals surface area contributed by atoms with Crippen molar-refractivity contribution in [2.45, 2.75) is 19.3 Å². The summed E-state index contributed by atoms with van der Waals surface area (Å²) in [6, 6.07) is 2.71. The molecule has 2 N–H and O–H groups in total. The Morgan fingerprint density at radius 3 is 2.58 bits per heavy atom. The van der Waals surface area contributed by atoms with Gasteiger partial charge in [0.15, 0.2) is 0 Å². The van der Waals surface area contributed by atoms with Gasteiger partial charge in [0.05, 0.1) is 16.7 Å². The fourth-order valence-electron chi connectivity index (χ4n) is 1.38. The number of carbonyl (C=O) groups is 2. The third-order valence-corrected chi connectivity index (χ3v) is 2.17. The number of aliphatic carboxylic acids is 1. The van der Waals surface area contributed by atoms with E-state index in [-0.39, 0.29) is 24.9 Å². The number of hydrogen-bond acceptors (Lipinski definition) is 4. The van der Waals surface area contributed by atoms with Crippen molar-refractivity contribution in [2.75, 3.05) is 5.32 Å². The van der Waals surface area contributed by atoms with E-state index < -0.39 is 28.3 Å². The number of anilines is 1. The molecule has 0 aliphatic rings. The number of benzene rings is 1. The number of amides is 1. The highest BCUT2D eigenvalue weighted by atomic mass is 19.1. The second-order valence-corrected chi connectivity index (χ2v) is 3.75. The van der Waals surface area contributed by atoms with Gasteiger partial charge in [-0.05, 0) is 12.5 Å². The molecular formula is C11H11FN2O5. The van der Waals surface area contributed by atoms with Crippen LogP contribution in [-0.4, -0.2) is 21.9 Å². The minimum atomic E-state index is -1.02. The molecule has 0 spiro atoms. The Kier molecular flexibility index (Phi) is 4.92. The van der Waals surface area contributed by atoms with Gasteiger partial charge in [0.25, 0.3) is 5.69 Å². The van der Waals surface area contributed by atoms with Crippen LogP contribution in [-0.2, 0) is 9.59 Å². The summed E-state index contributed by atoms with van der Waals surface area (Å²) in [6.45, 7) is 0. The summed E-state index contributed by atoms with van der Waals surface area (Å²) < 4.78 is 13.1. The Bertz CT molecular complexity index is 518. The first kappa shape index (κ1) is 14.6. The normalized spacial score (nSPS) is 9.95. The second kappa shape index (κ2) is 6.43. The van der Waals surface area contributed by atoms with Gasteiger partial charge in [0.1, 0.15) is 5.82 Å². The number of nitrogens with zero attached hydrogens (tertiary/aromatic N) is 1. The number of carboxylic acid groups (broad SMARTS) is 1. The Morgan fingerprint density at radius 1 is 1.32 bits per heavy atom. The third-order valence-electron chi connectivity index (χ3n) is 2.17. The number of carbonyl (C=O) groups excluding carboxylic acids is 1. The average Bonchev–Trinajstić information content (AvgIpc) is 2.27. The molecule has 7 nitrogen and oxygen atoms in total. The Balaban J connectivity index is 2.63. The van der Waals surface area contributed by atoms with Gasteiger partial charge >= 0.3 is 5.97 Å². The molecule has 0 heterocycles. The number of rotatable bonds is 6. The van der Waals surface area contributed by atoms with Crippen molar-refractivity contribution in [3.63, 3.8) is 0 Å². The average molecular weight is 270 g/mol. The fraction of sp³-hybridized carbons (Fsp3) is 0.273. The second-order valence-electron chi connectivity index (χ2n) is 3.75. The SMILES string of the molecule is O=C(O)CCCC(=O)Nc1cc(F)cc([N+](=O)[O-])c1. The number of nitro groups is 1. The van der Waals surface area contributed by atoms with Gasteiger partial charge in [-0.2, -0.15) is 0 Å². The van der Waals surface area contributed by atoms with Crippen molar-refractivity contribution in [3.8, 4) is 0 Å². The van der Waals surface area contributed by atoms with Crippen LogP contribution in [0.5, 0.6) is 0 Å². The van der Waals surface area contributed by atoms with Crippen LogP contribution in [0.2, 0.25) is 0 Å². The van der Waals surface area contributed by atoms with E-state index in [4.69, 9.17) is 5.11 Å². The molecule has 0 atom stereocenters. The standard InChI is InChI=1S/C11H11FN2O5/c12-7-4-8(6-9(5-7)14(18)19)13-10(15)2-1-3-11(16)17/h4-6H,1-3H2,(H,13,15)(H,16,17). The molecule has 0 aliphatic carbocycles.